The number of carbonyl (C=O) groups excluding carboxylic acids is 2. The second kappa shape index (κ2) is 9.33. The van der Waals surface area contributed by atoms with E-state index in [1.54, 1.807) is 23.0 Å². The molecule has 0 saturated carbocycles. The minimum atomic E-state index is -1.21. The molecule has 2 atom stereocenters. The Kier molecular flexibility index (Phi) is 6.49. The number of amides is 2. The first kappa shape index (κ1) is 22.9. The summed E-state index contributed by atoms with van der Waals surface area (Å²) >= 11 is 3.94. The maximum absolute atomic E-state index is 12.9. The first-order valence-electron chi connectivity index (χ1n) is 9.44. The molecule has 0 spiro atoms. The topological polar surface area (TPSA) is 160 Å². The molecule has 33 heavy (non-hydrogen) atoms. The number of hydrogen-bond donors (Lipinski definition) is 3. The number of fused-ring (bicyclic) bond motifs is 1. The second-order valence-corrected chi connectivity index (χ2v) is 9.75. The largest absolute Gasteiger partial charge is 0.477 e. The van der Waals surface area contributed by atoms with Gasteiger partial charge in [0.1, 0.15) is 29.9 Å². The molecule has 14 heteroatoms. The first-order chi connectivity index (χ1) is 15.8. The van der Waals surface area contributed by atoms with Crippen LogP contribution in [0.3, 0.4) is 0 Å². The molecule has 0 aliphatic carbocycles. The minimum absolute atomic E-state index is 0.0919. The number of hydrogen-bond acceptors (Lipinski definition) is 11. The predicted molar refractivity (Wildman–Crippen MR) is 126 cm³/mol. The van der Waals surface area contributed by atoms with E-state index >= 15 is 0 Å². The molecule has 4 N–H and O–H groups in total. The van der Waals surface area contributed by atoms with Gasteiger partial charge in [-0.3, -0.25) is 14.5 Å². The number of nitrogen functional groups attached to an aromatic ring is 1. The van der Waals surface area contributed by atoms with Crippen molar-refractivity contribution in [1.82, 2.24) is 20.2 Å². The van der Waals surface area contributed by atoms with Crippen LogP contribution in [0.15, 0.2) is 33.4 Å². The Balaban J connectivity index is 1.54. The number of β-lactam (4-membered cyclic amide) rings is 1. The van der Waals surface area contributed by atoms with Gasteiger partial charge in [0.15, 0.2) is 10.8 Å². The fourth-order valence-electron chi connectivity index (χ4n) is 3.32. The average molecular weight is 507 g/mol. The molecule has 11 nitrogen and oxygen atoms in total. The van der Waals surface area contributed by atoms with E-state index in [1.165, 1.54) is 35.1 Å². The third-order valence-electron chi connectivity index (χ3n) is 4.87. The zero-order valence-electron chi connectivity index (χ0n) is 17.3. The molecule has 4 rings (SSSR count). The van der Waals surface area contributed by atoms with Gasteiger partial charge in [0.2, 0.25) is 0 Å². The van der Waals surface area contributed by atoms with Gasteiger partial charge < -0.3 is 21.0 Å². The average Bonchev–Trinajstić information content (AvgIpc) is 3.40. The molecule has 2 amide bonds. The Hall–Kier alpha value is -3.23. The number of allylic oxidation sites excluding steroid dienone is 1. The van der Waals surface area contributed by atoms with Crippen molar-refractivity contribution >= 4 is 69.1 Å². The summed E-state index contributed by atoms with van der Waals surface area (Å²) in [6.07, 6.45) is 3.49. The van der Waals surface area contributed by atoms with Crippen LogP contribution in [0.1, 0.15) is 16.3 Å². The molecule has 2 aliphatic rings. The normalized spacial score (nSPS) is 20.6. The van der Waals surface area contributed by atoms with Crippen LogP contribution in [0.2, 0.25) is 0 Å². The van der Waals surface area contributed by atoms with Gasteiger partial charge in [-0.2, -0.15) is 0 Å². The number of carboxylic acids is 1. The Morgan fingerprint density at radius 2 is 2.18 bits per heavy atom. The number of oxime groups is 1. The molecular formula is C19H18N6O5S3. The van der Waals surface area contributed by atoms with Crippen molar-refractivity contribution in [1.29, 1.82) is 0 Å². The Morgan fingerprint density at radius 1 is 1.39 bits per heavy atom. The van der Waals surface area contributed by atoms with Gasteiger partial charge in [0.25, 0.3) is 11.8 Å². The molecule has 4 heterocycles. The predicted octanol–water partition coefficient (Wildman–Crippen LogP) is 1.29. The van der Waals surface area contributed by atoms with Crippen molar-refractivity contribution in [2.75, 3.05) is 18.6 Å². The number of thiazole rings is 2. The van der Waals surface area contributed by atoms with Gasteiger partial charge in [0.05, 0.1) is 11.2 Å². The Morgan fingerprint density at radius 3 is 2.79 bits per heavy atom. The second-order valence-electron chi connectivity index (χ2n) is 6.87. The molecule has 172 valence electrons. The lowest BCUT2D eigenvalue weighted by Gasteiger charge is -2.49. The highest BCUT2D eigenvalue weighted by Crippen LogP contribution is 2.41. The summed E-state index contributed by atoms with van der Waals surface area (Å²) in [5, 5.41) is 17.4. The third-order valence-corrected chi connectivity index (χ3v) is 7.74. The molecule has 0 bridgehead atoms. The van der Waals surface area contributed by atoms with Crippen LogP contribution in [0.4, 0.5) is 5.13 Å². The molecule has 2 aliphatic heterocycles. The molecule has 1 fully saturated rings. The molecule has 2 aromatic rings. The van der Waals surface area contributed by atoms with E-state index in [-0.39, 0.29) is 22.2 Å². The summed E-state index contributed by atoms with van der Waals surface area (Å²) < 4.78 is 0. The SMILES string of the molecule is CO/N=C(/C(=O)N[C@@H]1C(=O)N2C(C(=O)O)=C(/C=C/c3scnc3C)CS[C@@H]12)c1csc(N)n1. The fraction of sp³-hybridized carbons (Fsp3) is 0.263. The summed E-state index contributed by atoms with van der Waals surface area (Å²) in [5.41, 5.74) is 8.68. The number of nitrogens with one attached hydrogen (secondary N) is 1. The molecule has 0 aromatic carbocycles. The number of aryl methyl sites for hydroxylation is 1. The minimum Gasteiger partial charge on any atom is -0.477 e. The van der Waals surface area contributed by atoms with Crippen molar-refractivity contribution in [3.05, 3.63) is 44.5 Å². The number of aliphatic carboxylic acids is 1. The lowest BCUT2D eigenvalue weighted by Crippen LogP contribution is -2.71. The lowest BCUT2D eigenvalue weighted by atomic mass is 10.0. The molecule has 0 unspecified atom stereocenters. The van der Waals surface area contributed by atoms with Gasteiger partial charge in [0, 0.05) is 16.0 Å². The lowest BCUT2D eigenvalue weighted by molar-refractivity contribution is -0.150. The third kappa shape index (κ3) is 4.36. The Labute approximate surface area is 200 Å². The van der Waals surface area contributed by atoms with Crippen LogP contribution in [-0.4, -0.2) is 67.7 Å². The van der Waals surface area contributed by atoms with Gasteiger partial charge in [-0.1, -0.05) is 11.2 Å². The van der Waals surface area contributed by atoms with Crippen molar-refractivity contribution in [3.8, 4) is 0 Å². The van der Waals surface area contributed by atoms with Gasteiger partial charge in [-0.25, -0.2) is 14.8 Å². The van der Waals surface area contributed by atoms with Crippen LogP contribution in [0, 0.1) is 6.92 Å². The van der Waals surface area contributed by atoms with Gasteiger partial charge in [-0.05, 0) is 18.6 Å². The van der Waals surface area contributed by atoms with Gasteiger partial charge >= 0.3 is 5.97 Å². The maximum Gasteiger partial charge on any atom is 0.352 e. The number of nitrogens with zero attached hydrogens (tertiary/aromatic N) is 4. The molecular weight excluding hydrogens is 488 g/mol. The highest BCUT2D eigenvalue weighted by atomic mass is 32.2. The summed E-state index contributed by atoms with van der Waals surface area (Å²) in [6.45, 7) is 1.86. The van der Waals surface area contributed by atoms with Crippen molar-refractivity contribution in [3.63, 3.8) is 0 Å². The Bertz CT molecular complexity index is 1220. The van der Waals surface area contributed by atoms with Gasteiger partial charge in [-0.15, -0.1) is 34.4 Å². The van der Waals surface area contributed by atoms with E-state index in [1.807, 2.05) is 6.92 Å². The number of carbonyl (C=O) groups is 3. The highest BCUT2D eigenvalue weighted by Gasteiger charge is 2.54. The van der Waals surface area contributed by atoms with Crippen molar-refractivity contribution in [2.45, 2.75) is 18.3 Å². The van der Waals surface area contributed by atoms with E-state index in [0.717, 1.165) is 21.9 Å². The number of rotatable bonds is 7. The van der Waals surface area contributed by atoms with E-state index in [4.69, 9.17) is 10.6 Å². The number of aromatic nitrogens is 2. The molecule has 2 aromatic heterocycles. The quantitative estimate of drug-likeness (QED) is 0.286. The smallest absolute Gasteiger partial charge is 0.352 e. The number of anilines is 1. The highest BCUT2D eigenvalue weighted by molar-refractivity contribution is 8.00. The molecule has 0 radical (unpaired) electrons. The van der Waals surface area contributed by atoms with Crippen molar-refractivity contribution in [2.24, 2.45) is 5.16 Å². The fourth-order valence-corrected chi connectivity index (χ4v) is 5.88. The summed E-state index contributed by atoms with van der Waals surface area (Å²) in [4.78, 5) is 52.7. The summed E-state index contributed by atoms with van der Waals surface area (Å²) in [7, 11) is 1.28. The first-order valence-corrected chi connectivity index (χ1v) is 12.2. The van der Waals surface area contributed by atoms with E-state index in [2.05, 4.69) is 20.4 Å². The van der Waals surface area contributed by atoms with Crippen molar-refractivity contribution < 1.29 is 24.3 Å². The van der Waals surface area contributed by atoms with E-state index < -0.39 is 29.2 Å². The van der Waals surface area contributed by atoms with E-state index in [9.17, 15) is 19.5 Å². The summed E-state index contributed by atoms with van der Waals surface area (Å²) in [5.74, 6) is -2.04. The monoisotopic (exact) mass is 506 g/mol. The zero-order valence-corrected chi connectivity index (χ0v) is 19.8. The molecule has 1 saturated heterocycles. The van der Waals surface area contributed by atoms with Crippen LogP contribution in [0.25, 0.3) is 6.08 Å². The van der Waals surface area contributed by atoms with Crippen LogP contribution >= 0.6 is 34.4 Å². The number of nitrogens with two attached hydrogens (primary N) is 1. The van der Waals surface area contributed by atoms with E-state index in [0.29, 0.717) is 11.3 Å². The summed E-state index contributed by atoms with van der Waals surface area (Å²) in [6, 6.07) is -0.913. The van der Waals surface area contributed by atoms with Crippen LogP contribution in [-0.2, 0) is 19.2 Å². The van der Waals surface area contributed by atoms with Crippen LogP contribution in [0.5, 0.6) is 0 Å². The standard InChI is InChI=1S/C19H18N6O5S3/c1-8-11(33-7-21-8)4-3-9-5-31-17-13(16(27)25(17)14(9)18(28)29)23-15(26)12(24-30-2)10-6-32-19(20)22-10/h3-4,6-7,13,17H,5H2,1-2H3,(H2,20,22)(H,23,26)(H,28,29)/b4-3+,24-12+/t13-,17+/m1/s1. The maximum atomic E-state index is 12.9. The zero-order chi connectivity index (χ0) is 23.7. The number of carboxylic acid groups (broad SMARTS) is 1. The van der Waals surface area contributed by atoms with Crippen LogP contribution < -0.4 is 11.1 Å². The number of thioether (sulfide) groups is 1.